The first-order valence-corrected chi connectivity index (χ1v) is 8.85. The van der Waals surface area contributed by atoms with Gasteiger partial charge in [-0.05, 0) is 37.1 Å². The normalized spacial score (nSPS) is 10.4. The van der Waals surface area contributed by atoms with Crippen molar-refractivity contribution in [2.75, 3.05) is 23.3 Å². The van der Waals surface area contributed by atoms with Crippen LogP contribution >= 0.6 is 0 Å². The van der Waals surface area contributed by atoms with E-state index in [-0.39, 0.29) is 11.7 Å². The molecule has 27 heavy (non-hydrogen) atoms. The van der Waals surface area contributed by atoms with Crippen LogP contribution in [-0.2, 0) is 6.42 Å². The zero-order valence-corrected chi connectivity index (χ0v) is 15.1. The fraction of sp³-hybridized carbons (Fsp3) is 0.190. The highest BCUT2D eigenvalue weighted by Gasteiger charge is 2.16. The van der Waals surface area contributed by atoms with Gasteiger partial charge in [0.25, 0.3) is 5.91 Å². The van der Waals surface area contributed by atoms with Crippen LogP contribution in [-0.4, -0.2) is 29.0 Å². The summed E-state index contributed by atoms with van der Waals surface area (Å²) < 4.78 is 13.6. The Morgan fingerprint density at radius 2 is 1.70 bits per heavy atom. The third kappa shape index (κ3) is 4.67. The number of para-hydroxylation sites is 1. The lowest BCUT2D eigenvalue weighted by Crippen LogP contribution is -2.30. The molecule has 0 unspecified atom stereocenters. The minimum atomic E-state index is -0.221. The van der Waals surface area contributed by atoms with Crippen LogP contribution in [0, 0.1) is 5.82 Å². The van der Waals surface area contributed by atoms with Crippen LogP contribution < -0.4 is 10.2 Å². The number of nitrogens with zero attached hydrogens (tertiary/aromatic N) is 3. The number of rotatable bonds is 7. The van der Waals surface area contributed by atoms with E-state index < -0.39 is 0 Å². The van der Waals surface area contributed by atoms with Crippen LogP contribution in [0.25, 0.3) is 0 Å². The molecule has 0 saturated heterocycles. The Bertz CT molecular complexity index is 884. The summed E-state index contributed by atoms with van der Waals surface area (Å²) in [6, 6.07) is 16.1. The Morgan fingerprint density at radius 3 is 2.37 bits per heavy atom. The van der Waals surface area contributed by atoms with Gasteiger partial charge >= 0.3 is 0 Å². The first kappa shape index (κ1) is 18.5. The number of halogens is 1. The molecule has 0 saturated carbocycles. The lowest BCUT2D eigenvalue weighted by atomic mass is 10.1. The molecule has 0 fully saturated rings. The van der Waals surface area contributed by atoms with Crippen molar-refractivity contribution >= 4 is 17.5 Å². The lowest BCUT2D eigenvalue weighted by Gasteiger charge is -2.20. The van der Waals surface area contributed by atoms with E-state index >= 15 is 0 Å². The molecule has 1 heterocycles. The Hall–Kier alpha value is -3.28. The van der Waals surface area contributed by atoms with E-state index in [1.165, 1.54) is 18.5 Å². The maximum absolute atomic E-state index is 13.6. The molecule has 0 atom stereocenters. The van der Waals surface area contributed by atoms with E-state index in [1.807, 2.05) is 43.3 Å². The fourth-order valence-corrected chi connectivity index (χ4v) is 2.75. The van der Waals surface area contributed by atoms with Gasteiger partial charge in [-0.1, -0.05) is 36.4 Å². The third-order valence-corrected chi connectivity index (χ3v) is 4.16. The van der Waals surface area contributed by atoms with Gasteiger partial charge in [0.15, 0.2) is 0 Å². The van der Waals surface area contributed by atoms with E-state index in [0.717, 1.165) is 5.69 Å². The molecule has 3 rings (SSSR count). The van der Waals surface area contributed by atoms with Gasteiger partial charge in [0.2, 0.25) is 5.95 Å². The number of carbonyl (C=O) groups excluding carboxylic acids is 1. The van der Waals surface area contributed by atoms with E-state index in [1.54, 1.807) is 17.0 Å². The minimum absolute atomic E-state index is 0.151. The molecule has 0 spiro atoms. The predicted molar refractivity (Wildman–Crippen MR) is 104 cm³/mol. The van der Waals surface area contributed by atoms with E-state index in [4.69, 9.17) is 0 Å². The van der Waals surface area contributed by atoms with Crippen LogP contribution in [0.3, 0.4) is 0 Å². The molecule has 0 aliphatic carbocycles. The number of benzene rings is 2. The maximum atomic E-state index is 13.6. The van der Waals surface area contributed by atoms with Crippen LogP contribution in [0.15, 0.2) is 67.0 Å². The molecular weight excluding hydrogens is 343 g/mol. The van der Waals surface area contributed by atoms with Gasteiger partial charge in [0.1, 0.15) is 5.82 Å². The predicted octanol–water partition coefficient (Wildman–Crippen LogP) is 3.94. The number of hydrogen-bond acceptors (Lipinski definition) is 4. The molecule has 2 aromatic carbocycles. The zero-order chi connectivity index (χ0) is 19.1. The molecule has 0 aliphatic heterocycles. The van der Waals surface area contributed by atoms with Crippen molar-refractivity contribution in [3.63, 3.8) is 0 Å². The van der Waals surface area contributed by atoms with Crippen molar-refractivity contribution in [1.29, 1.82) is 0 Å². The lowest BCUT2D eigenvalue weighted by molar-refractivity contribution is 0.0987. The van der Waals surface area contributed by atoms with E-state index in [2.05, 4.69) is 15.3 Å². The highest BCUT2D eigenvalue weighted by molar-refractivity contribution is 6.05. The Morgan fingerprint density at radius 1 is 1.04 bits per heavy atom. The average Bonchev–Trinajstić information content (AvgIpc) is 2.71. The first-order valence-electron chi connectivity index (χ1n) is 8.85. The Labute approximate surface area is 157 Å². The third-order valence-electron chi connectivity index (χ3n) is 4.16. The van der Waals surface area contributed by atoms with Crippen LogP contribution in [0.5, 0.6) is 0 Å². The summed E-state index contributed by atoms with van der Waals surface area (Å²) in [4.78, 5) is 22.8. The monoisotopic (exact) mass is 364 g/mol. The number of aromatic nitrogens is 2. The maximum Gasteiger partial charge on any atom is 0.261 e. The molecule has 0 bridgehead atoms. The van der Waals surface area contributed by atoms with Gasteiger partial charge in [0, 0.05) is 31.2 Å². The van der Waals surface area contributed by atoms with Crippen LogP contribution in [0.1, 0.15) is 22.8 Å². The smallest absolute Gasteiger partial charge is 0.261 e. The van der Waals surface area contributed by atoms with Crippen molar-refractivity contribution < 1.29 is 9.18 Å². The number of anilines is 2. The molecular formula is C21H21FN4O. The van der Waals surface area contributed by atoms with Gasteiger partial charge in [-0.3, -0.25) is 4.79 Å². The van der Waals surface area contributed by atoms with E-state index in [9.17, 15) is 9.18 Å². The van der Waals surface area contributed by atoms with Crippen molar-refractivity contribution in [3.8, 4) is 0 Å². The highest BCUT2D eigenvalue weighted by atomic mass is 19.1. The quantitative estimate of drug-likeness (QED) is 0.690. The summed E-state index contributed by atoms with van der Waals surface area (Å²) in [6.07, 6.45) is 3.53. The van der Waals surface area contributed by atoms with Crippen molar-refractivity contribution in [2.24, 2.45) is 0 Å². The summed E-state index contributed by atoms with van der Waals surface area (Å²) in [5, 5.41) is 3.05. The summed E-state index contributed by atoms with van der Waals surface area (Å²) in [5.41, 5.74) is 1.88. The summed E-state index contributed by atoms with van der Waals surface area (Å²) >= 11 is 0. The molecule has 1 N–H and O–H groups in total. The molecule has 5 nitrogen and oxygen atoms in total. The SMILES string of the molecule is CCN(C(=O)c1cnc(NCCc2ccccc2F)nc1)c1ccccc1. The number of amides is 1. The summed E-state index contributed by atoms with van der Waals surface area (Å²) in [5.74, 6) is 0.0361. The molecule has 1 amide bonds. The molecule has 6 heteroatoms. The van der Waals surface area contributed by atoms with Crippen LogP contribution in [0.2, 0.25) is 0 Å². The Balaban J connectivity index is 1.61. The van der Waals surface area contributed by atoms with Crippen molar-refractivity contribution in [2.45, 2.75) is 13.3 Å². The highest BCUT2D eigenvalue weighted by Crippen LogP contribution is 2.16. The largest absolute Gasteiger partial charge is 0.354 e. The molecule has 138 valence electrons. The fourth-order valence-electron chi connectivity index (χ4n) is 2.75. The molecule has 1 aromatic heterocycles. The van der Waals surface area contributed by atoms with Crippen molar-refractivity contribution in [3.05, 3.63) is 83.9 Å². The second-order valence-corrected chi connectivity index (χ2v) is 5.95. The second kappa shape index (κ2) is 8.89. The van der Waals surface area contributed by atoms with Gasteiger partial charge < -0.3 is 10.2 Å². The van der Waals surface area contributed by atoms with Gasteiger partial charge in [-0.15, -0.1) is 0 Å². The molecule has 0 aliphatic rings. The summed E-state index contributed by atoms with van der Waals surface area (Å²) in [6.45, 7) is 2.97. The standard InChI is InChI=1S/C21H21FN4O/c1-2-26(18-9-4-3-5-10-18)20(27)17-14-24-21(25-15-17)23-13-12-16-8-6-7-11-19(16)22/h3-11,14-15H,2,12-13H2,1H3,(H,23,24,25). The van der Waals surface area contributed by atoms with Crippen molar-refractivity contribution in [1.82, 2.24) is 9.97 Å². The minimum Gasteiger partial charge on any atom is -0.354 e. The zero-order valence-electron chi connectivity index (χ0n) is 15.1. The van der Waals surface area contributed by atoms with Gasteiger partial charge in [0.05, 0.1) is 5.56 Å². The topological polar surface area (TPSA) is 58.1 Å². The number of nitrogens with one attached hydrogen (secondary N) is 1. The van der Waals surface area contributed by atoms with Gasteiger partial charge in [-0.25, -0.2) is 14.4 Å². The average molecular weight is 364 g/mol. The number of hydrogen-bond donors (Lipinski definition) is 1. The second-order valence-electron chi connectivity index (χ2n) is 5.95. The Kier molecular flexibility index (Phi) is 6.10. The molecule has 0 radical (unpaired) electrons. The number of carbonyl (C=O) groups is 1. The summed E-state index contributed by atoms with van der Waals surface area (Å²) in [7, 11) is 0. The van der Waals surface area contributed by atoms with Gasteiger partial charge in [-0.2, -0.15) is 0 Å². The molecule has 3 aromatic rings. The first-order chi connectivity index (χ1) is 13.2. The van der Waals surface area contributed by atoms with E-state index in [0.29, 0.717) is 36.6 Å². The van der Waals surface area contributed by atoms with Crippen LogP contribution in [0.4, 0.5) is 16.0 Å².